The van der Waals surface area contributed by atoms with Crippen LogP contribution < -0.4 is 37.6 Å². The van der Waals surface area contributed by atoms with E-state index in [0.29, 0.717) is 16.7 Å². The highest BCUT2D eigenvalue weighted by Crippen LogP contribution is 2.19. The Morgan fingerprint density at radius 3 is 1.81 bits per heavy atom. The fourth-order valence-corrected chi connectivity index (χ4v) is 7.88. The standard InChI is InChI=1S/C55H66N8O14/c1-32(2)25-40-48(67)57-41(26-35-15-9-6-10-16-35)50(69)61-46(33(3)64)52(71)59-42(28-45(56)66)49(68)60-43(31-75-29-37-17-11-7-12-18-37)54(73)77-34(4)47(62-55(74)76-30-38-19-13-8-14-20-38)53(72)63(5)44(51(70)58-40)27-36-21-23-39(65)24-22-36/h6-24,27,32-34,40-43,46-47,64-65H,25-26,28-31H2,1-5H3,(H2,56,66)(H,57,67)(H,58,70)(H,59,71)(H,60,68)(H,61,69)(H,62,74)/b44-27+/t33-,34+,40-,41+,42-,43-,46-,47-/m0/s1. The van der Waals surface area contributed by atoms with Crippen molar-refractivity contribution in [2.75, 3.05) is 13.7 Å². The predicted octanol–water partition coefficient (Wildman–Crippen LogP) is 1.62. The van der Waals surface area contributed by atoms with Gasteiger partial charge in [-0.25, -0.2) is 9.59 Å². The van der Waals surface area contributed by atoms with Gasteiger partial charge in [0.1, 0.15) is 54.4 Å². The number of aromatic hydroxyl groups is 1. The van der Waals surface area contributed by atoms with Crippen molar-refractivity contribution in [3.8, 4) is 5.75 Å². The Hall–Kier alpha value is -8.63. The monoisotopic (exact) mass is 1060 g/mol. The maximum atomic E-state index is 15.0. The predicted molar refractivity (Wildman–Crippen MR) is 279 cm³/mol. The number of nitrogens with two attached hydrogens (primary N) is 1. The Kier molecular flexibility index (Phi) is 22.2. The summed E-state index contributed by atoms with van der Waals surface area (Å²) >= 11 is 0. The summed E-state index contributed by atoms with van der Waals surface area (Å²) in [6, 6.07) is 21.0. The van der Waals surface area contributed by atoms with Gasteiger partial charge in [-0.3, -0.25) is 33.6 Å². The number of rotatable bonds is 15. The number of amides is 8. The number of nitrogens with zero attached hydrogens (tertiary/aromatic N) is 1. The molecular formula is C55H66N8O14. The average molecular weight is 1060 g/mol. The van der Waals surface area contributed by atoms with Gasteiger partial charge >= 0.3 is 12.1 Å². The van der Waals surface area contributed by atoms with Crippen LogP contribution in [-0.2, 0) is 72.2 Å². The molecule has 8 atom stereocenters. The maximum Gasteiger partial charge on any atom is 0.408 e. The Morgan fingerprint density at radius 2 is 1.23 bits per heavy atom. The maximum absolute atomic E-state index is 15.0. The van der Waals surface area contributed by atoms with Gasteiger partial charge in [-0.1, -0.05) is 117 Å². The summed E-state index contributed by atoms with van der Waals surface area (Å²) < 4.78 is 17.1. The van der Waals surface area contributed by atoms with Crippen molar-refractivity contribution in [1.29, 1.82) is 0 Å². The molecule has 0 aliphatic carbocycles. The van der Waals surface area contributed by atoms with Crippen molar-refractivity contribution in [3.63, 3.8) is 0 Å². The molecule has 0 unspecified atom stereocenters. The summed E-state index contributed by atoms with van der Waals surface area (Å²) in [6.45, 7) is 5.00. The van der Waals surface area contributed by atoms with Crippen LogP contribution in [0.15, 0.2) is 121 Å². The molecule has 1 fully saturated rings. The first kappa shape index (κ1) is 59.2. The summed E-state index contributed by atoms with van der Waals surface area (Å²) in [4.78, 5) is 128. The van der Waals surface area contributed by atoms with Gasteiger partial charge < -0.3 is 67.0 Å². The Labute approximate surface area is 445 Å². The molecule has 1 aliphatic heterocycles. The fraction of sp³-hybridized carbons (Fsp3) is 0.364. The van der Waals surface area contributed by atoms with Crippen LogP contribution in [0.4, 0.5) is 4.79 Å². The Bertz CT molecular complexity index is 2710. The largest absolute Gasteiger partial charge is 0.508 e. The molecule has 1 heterocycles. The molecule has 4 aromatic carbocycles. The minimum atomic E-state index is -1.87. The zero-order valence-electron chi connectivity index (χ0n) is 43.3. The average Bonchev–Trinajstić information content (AvgIpc) is 3.39. The number of carbonyl (C=O) groups excluding carboxylic acids is 9. The van der Waals surface area contributed by atoms with Gasteiger partial charge in [0.15, 0.2) is 6.04 Å². The first-order valence-electron chi connectivity index (χ1n) is 24.8. The SMILES string of the molecule is CC(C)C[C@@H]1NC(=O)/C(=C\c2ccc(O)cc2)N(C)C(=O)[C@@H](NC(=O)OCc2ccccc2)[C@@H](C)OC(=O)[C@H](COCc2ccccc2)NC(=O)[C@H](CC(N)=O)NC(=O)[C@H]([C@H](C)O)NC(=O)[C@@H](Cc2ccccc2)NC1=O. The van der Waals surface area contributed by atoms with Crippen molar-refractivity contribution in [2.45, 2.75) is 109 Å². The van der Waals surface area contributed by atoms with Crippen LogP contribution in [-0.4, -0.2) is 131 Å². The normalized spacial score (nSPS) is 22.4. The van der Waals surface area contributed by atoms with E-state index < -0.39 is 121 Å². The smallest absolute Gasteiger partial charge is 0.408 e. The molecule has 410 valence electrons. The number of hydrogen-bond donors (Lipinski definition) is 9. The van der Waals surface area contributed by atoms with E-state index in [1.54, 1.807) is 105 Å². The summed E-state index contributed by atoms with van der Waals surface area (Å²) in [5, 5.41) is 36.0. The molecule has 77 heavy (non-hydrogen) atoms. The van der Waals surface area contributed by atoms with Crippen LogP contribution in [0, 0.1) is 5.92 Å². The van der Waals surface area contributed by atoms with E-state index in [-0.39, 0.29) is 43.3 Å². The van der Waals surface area contributed by atoms with Gasteiger partial charge in [0.05, 0.1) is 25.7 Å². The van der Waals surface area contributed by atoms with E-state index in [4.69, 9.17) is 19.9 Å². The van der Waals surface area contributed by atoms with E-state index in [9.17, 15) is 53.4 Å². The van der Waals surface area contributed by atoms with Gasteiger partial charge in [0.2, 0.25) is 29.5 Å². The van der Waals surface area contributed by atoms with E-state index in [1.807, 2.05) is 0 Å². The number of nitrogens with one attached hydrogen (secondary N) is 6. The third-order valence-corrected chi connectivity index (χ3v) is 12.0. The summed E-state index contributed by atoms with van der Waals surface area (Å²) in [6.07, 6.45) is -4.24. The summed E-state index contributed by atoms with van der Waals surface area (Å²) in [5.41, 5.74) is 7.20. The molecule has 0 radical (unpaired) electrons. The number of alkyl carbamates (subject to hydrolysis) is 1. The van der Waals surface area contributed by atoms with Crippen LogP contribution in [0.3, 0.4) is 0 Å². The molecule has 22 heteroatoms. The second kappa shape index (κ2) is 28.9. The molecule has 0 saturated carbocycles. The molecule has 8 amide bonds. The number of phenols is 1. The lowest BCUT2D eigenvalue weighted by Gasteiger charge is -2.31. The van der Waals surface area contributed by atoms with Crippen molar-refractivity contribution >= 4 is 59.5 Å². The van der Waals surface area contributed by atoms with Crippen LogP contribution in [0.1, 0.15) is 62.8 Å². The summed E-state index contributed by atoms with van der Waals surface area (Å²) in [5.74, 6) is -9.01. The third kappa shape index (κ3) is 18.6. The zero-order chi connectivity index (χ0) is 56.2. The molecule has 4 aromatic rings. The number of cyclic esters (lactones) is 1. The number of primary amides is 1. The molecule has 0 bridgehead atoms. The second-order valence-corrected chi connectivity index (χ2v) is 18.8. The Morgan fingerprint density at radius 1 is 0.701 bits per heavy atom. The van der Waals surface area contributed by atoms with Crippen molar-refractivity contribution in [2.24, 2.45) is 11.7 Å². The number of aliphatic hydroxyl groups excluding tert-OH is 1. The molecule has 0 aromatic heterocycles. The molecule has 10 N–H and O–H groups in total. The minimum absolute atomic E-state index is 0.0237. The molecule has 22 nitrogen and oxygen atoms in total. The number of hydrogen-bond acceptors (Lipinski definition) is 14. The van der Waals surface area contributed by atoms with E-state index >= 15 is 0 Å². The van der Waals surface area contributed by atoms with Gasteiger partial charge in [-0.05, 0) is 66.6 Å². The summed E-state index contributed by atoms with van der Waals surface area (Å²) in [7, 11) is 1.19. The van der Waals surface area contributed by atoms with Crippen LogP contribution >= 0.6 is 0 Å². The molecular weight excluding hydrogens is 997 g/mol. The first-order chi connectivity index (χ1) is 36.7. The highest BCUT2D eigenvalue weighted by Gasteiger charge is 2.39. The van der Waals surface area contributed by atoms with Crippen molar-refractivity contribution in [1.82, 2.24) is 36.8 Å². The molecule has 1 aliphatic rings. The Balaban J connectivity index is 1.65. The molecule has 1 saturated heterocycles. The quantitative estimate of drug-likeness (QED) is 0.0604. The number of benzene rings is 4. The number of likely N-dealkylation sites (N-methyl/N-ethyl adjacent to an activating group) is 1. The van der Waals surface area contributed by atoms with Crippen LogP contribution in [0.5, 0.6) is 5.75 Å². The van der Waals surface area contributed by atoms with Gasteiger partial charge in [-0.2, -0.15) is 0 Å². The number of phenolic OH excluding ortho intramolecular Hbond substituents is 1. The van der Waals surface area contributed by atoms with Gasteiger partial charge in [0.25, 0.3) is 11.8 Å². The van der Waals surface area contributed by atoms with Crippen LogP contribution in [0.25, 0.3) is 6.08 Å². The number of aliphatic hydroxyl groups is 1. The number of carbonyl (C=O) groups is 9. The van der Waals surface area contributed by atoms with E-state index in [1.165, 1.54) is 51.2 Å². The van der Waals surface area contributed by atoms with E-state index in [0.717, 1.165) is 4.90 Å². The highest BCUT2D eigenvalue weighted by molar-refractivity contribution is 6.05. The fourth-order valence-electron chi connectivity index (χ4n) is 7.88. The first-order valence-corrected chi connectivity index (χ1v) is 24.8. The van der Waals surface area contributed by atoms with Crippen LogP contribution in [0.2, 0.25) is 0 Å². The van der Waals surface area contributed by atoms with Crippen molar-refractivity contribution in [3.05, 3.63) is 143 Å². The second-order valence-electron chi connectivity index (χ2n) is 18.8. The lowest BCUT2D eigenvalue weighted by atomic mass is 10.00. The molecule has 5 rings (SSSR count). The topological polar surface area (TPSA) is 323 Å². The van der Waals surface area contributed by atoms with Gasteiger partial charge in [-0.15, -0.1) is 0 Å². The van der Waals surface area contributed by atoms with Gasteiger partial charge in [0, 0.05) is 13.5 Å². The third-order valence-electron chi connectivity index (χ3n) is 12.0. The highest BCUT2D eigenvalue weighted by atomic mass is 16.6. The number of esters is 1. The minimum Gasteiger partial charge on any atom is -0.508 e. The number of ether oxygens (including phenoxy) is 3. The lowest BCUT2D eigenvalue weighted by Crippen LogP contribution is -2.62. The van der Waals surface area contributed by atoms with E-state index in [2.05, 4.69) is 31.9 Å². The lowest BCUT2D eigenvalue weighted by molar-refractivity contribution is -0.157. The zero-order valence-corrected chi connectivity index (χ0v) is 43.3. The molecule has 0 spiro atoms. The van der Waals surface area contributed by atoms with Crippen molar-refractivity contribution < 1.29 is 67.6 Å².